The summed E-state index contributed by atoms with van der Waals surface area (Å²) in [7, 11) is -3.89. The van der Waals surface area contributed by atoms with Crippen LogP contribution in [-0.4, -0.2) is 35.4 Å². The van der Waals surface area contributed by atoms with Crippen molar-refractivity contribution in [3.63, 3.8) is 0 Å². The molecule has 2 rings (SSSR count). The third kappa shape index (κ3) is 4.19. The number of aromatic nitrogens is 3. The number of aliphatic carboxylic acids is 1. The van der Waals surface area contributed by atoms with E-state index in [1.54, 1.807) is 0 Å². The Bertz CT molecular complexity index is 917. The van der Waals surface area contributed by atoms with E-state index >= 15 is 0 Å². The number of hydrogen-bond donors (Lipinski definition) is 0. The van der Waals surface area contributed by atoms with Crippen molar-refractivity contribution < 1.29 is 31.5 Å². The molecule has 0 amide bonds. The molecule has 11 heteroatoms. The Labute approximate surface area is 134 Å². The molecule has 0 spiro atoms. The van der Waals surface area contributed by atoms with Gasteiger partial charge in [0.15, 0.2) is 15.7 Å². The zero-order valence-electron chi connectivity index (χ0n) is 12.0. The Morgan fingerprint density at radius 2 is 1.96 bits per heavy atom. The van der Waals surface area contributed by atoms with E-state index < -0.39 is 32.4 Å². The van der Waals surface area contributed by atoms with Crippen LogP contribution in [0.5, 0.6) is 0 Å². The number of carboxylic acid groups (broad SMARTS) is 1. The summed E-state index contributed by atoms with van der Waals surface area (Å²) in [6, 6.07) is 2.23. The Kier molecular flexibility index (Phi) is 4.47. The molecule has 0 bridgehead atoms. The minimum atomic E-state index is -4.76. The second kappa shape index (κ2) is 6.07. The van der Waals surface area contributed by atoms with E-state index in [4.69, 9.17) is 0 Å². The van der Waals surface area contributed by atoms with Crippen LogP contribution in [0.15, 0.2) is 35.5 Å². The number of carboxylic acids is 1. The van der Waals surface area contributed by atoms with Crippen molar-refractivity contribution in [1.82, 2.24) is 14.8 Å². The predicted molar refractivity (Wildman–Crippen MR) is 73.9 cm³/mol. The van der Waals surface area contributed by atoms with Crippen LogP contribution >= 0.6 is 0 Å². The van der Waals surface area contributed by atoms with E-state index in [1.165, 1.54) is 0 Å². The Balaban J connectivity index is 2.56. The number of carbonyl (C=O) groups excluding carboxylic acids is 1. The van der Waals surface area contributed by atoms with Gasteiger partial charge in [0.2, 0.25) is 0 Å². The third-order valence-corrected chi connectivity index (χ3v) is 3.88. The lowest BCUT2D eigenvalue weighted by Crippen LogP contribution is -2.18. The highest BCUT2D eigenvalue weighted by Crippen LogP contribution is 2.33. The van der Waals surface area contributed by atoms with Gasteiger partial charge in [-0.3, -0.25) is 0 Å². The highest BCUT2D eigenvalue weighted by molar-refractivity contribution is 7.90. The van der Waals surface area contributed by atoms with Gasteiger partial charge in [0, 0.05) is 18.0 Å². The summed E-state index contributed by atoms with van der Waals surface area (Å²) in [6.07, 6.45) is -1.31. The summed E-state index contributed by atoms with van der Waals surface area (Å²) in [4.78, 5) is 13.5. The maximum absolute atomic E-state index is 12.9. The molecule has 0 N–H and O–H groups in total. The Hall–Kier alpha value is -2.69. The summed E-state index contributed by atoms with van der Waals surface area (Å²) in [5.41, 5.74) is -1.34. The molecule has 128 valence electrons. The predicted octanol–water partition coefficient (Wildman–Crippen LogP) is 0.588. The molecule has 1 aromatic heterocycles. The van der Waals surface area contributed by atoms with E-state index in [9.17, 15) is 31.5 Å². The average Bonchev–Trinajstić information content (AvgIpc) is 2.91. The van der Waals surface area contributed by atoms with Gasteiger partial charge >= 0.3 is 6.18 Å². The molecule has 0 radical (unpaired) electrons. The topological polar surface area (TPSA) is 105 Å². The van der Waals surface area contributed by atoms with E-state index in [2.05, 4.69) is 10.1 Å². The highest BCUT2D eigenvalue weighted by atomic mass is 32.2. The molecule has 0 aliphatic carbocycles. The Morgan fingerprint density at radius 1 is 1.29 bits per heavy atom. The first-order valence-electron chi connectivity index (χ1n) is 6.20. The number of halogens is 3. The minimum Gasteiger partial charge on any atom is -0.545 e. The first-order chi connectivity index (χ1) is 11.0. The van der Waals surface area contributed by atoms with Gasteiger partial charge in [0.1, 0.15) is 6.33 Å². The number of alkyl halides is 3. The van der Waals surface area contributed by atoms with Gasteiger partial charge in [-0.2, -0.15) is 13.2 Å². The number of benzene rings is 1. The van der Waals surface area contributed by atoms with Crippen molar-refractivity contribution in [2.45, 2.75) is 11.1 Å². The molecule has 7 nitrogen and oxygen atoms in total. The van der Waals surface area contributed by atoms with Crippen molar-refractivity contribution in [3.8, 4) is 11.4 Å². The molecule has 0 aliphatic rings. The maximum Gasteiger partial charge on any atom is 0.416 e. The van der Waals surface area contributed by atoms with Crippen LogP contribution in [0.3, 0.4) is 0 Å². The van der Waals surface area contributed by atoms with Gasteiger partial charge in [0.25, 0.3) is 0 Å². The zero-order valence-corrected chi connectivity index (χ0v) is 12.8. The number of rotatable bonds is 4. The quantitative estimate of drug-likeness (QED) is 0.739. The monoisotopic (exact) mass is 360 g/mol. The summed E-state index contributed by atoms with van der Waals surface area (Å²) >= 11 is 0. The molecule has 0 aliphatic heterocycles. The number of sulfone groups is 1. The third-order valence-electron chi connectivity index (χ3n) is 2.79. The van der Waals surface area contributed by atoms with Crippen LogP contribution in [0.25, 0.3) is 17.6 Å². The number of nitrogens with zero attached hydrogens (tertiary/aromatic N) is 3. The van der Waals surface area contributed by atoms with Gasteiger partial charge in [-0.15, -0.1) is 5.10 Å². The molecule has 0 saturated carbocycles. The largest absolute Gasteiger partial charge is 0.545 e. The normalized spacial score (nSPS) is 12.7. The molecule has 1 heterocycles. The van der Waals surface area contributed by atoms with Crippen LogP contribution in [0, 0.1) is 0 Å². The van der Waals surface area contributed by atoms with Crippen molar-refractivity contribution in [2.75, 3.05) is 6.26 Å². The molecule has 0 unspecified atom stereocenters. The molecule has 1 aromatic carbocycles. The lowest BCUT2D eigenvalue weighted by Gasteiger charge is -2.10. The zero-order chi connectivity index (χ0) is 18.1. The smallest absolute Gasteiger partial charge is 0.416 e. The fourth-order valence-corrected chi connectivity index (χ4v) is 2.40. The molecule has 24 heavy (non-hydrogen) atoms. The second-order valence-electron chi connectivity index (χ2n) is 4.70. The van der Waals surface area contributed by atoms with E-state index in [1.807, 2.05) is 0 Å². The summed E-state index contributed by atoms with van der Waals surface area (Å²) < 4.78 is 62.9. The first kappa shape index (κ1) is 17.7. The standard InChI is InChI=1S/C13H10F3N3O4S/c1-24(22,23)10-5-8(4-9(6-10)13(14,15)16)12-17-7-19(18-12)3-2-11(20)21/h2-7H,1H3,(H,20,21)/p-1. The lowest BCUT2D eigenvalue weighted by atomic mass is 10.1. The molecular formula is C13H9F3N3O4S-. The van der Waals surface area contributed by atoms with Crippen LogP contribution < -0.4 is 5.11 Å². The summed E-state index contributed by atoms with van der Waals surface area (Å²) in [5.74, 6) is -1.69. The second-order valence-corrected chi connectivity index (χ2v) is 6.71. The summed E-state index contributed by atoms with van der Waals surface area (Å²) in [6.45, 7) is 0. The SMILES string of the molecule is CS(=O)(=O)c1cc(-c2ncn(C=CC(=O)[O-])n2)cc(C(F)(F)F)c1. The van der Waals surface area contributed by atoms with Crippen molar-refractivity contribution >= 4 is 22.0 Å². The molecular weight excluding hydrogens is 351 g/mol. The van der Waals surface area contributed by atoms with Crippen molar-refractivity contribution in [2.24, 2.45) is 0 Å². The molecule has 2 aromatic rings. The summed E-state index contributed by atoms with van der Waals surface area (Å²) in [5, 5.41) is 14.1. The minimum absolute atomic E-state index is 0.175. The highest BCUT2D eigenvalue weighted by Gasteiger charge is 2.32. The van der Waals surface area contributed by atoms with Gasteiger partial charge in [0.05, 0.1) is 16.4 Å². The van der Waals surface area contributed by atoms with Gasteiger partial charge in [-0.05, 0) is 24.3 Å². The fraction of sp³-hybridized carbons (Fsp3) is 0.154. The van der Waals surface area contributed by atoms with Crippen LogP contribution in [0.1, 0.15) is 5.56 Å². The van der Waals surface area contributed by atoms with E-state index in [-0.39, 0.29) is 11.4 Å². The van der Waals surface area contributed by atoms with Crippen LogP contribution in [0.4, 0.5) is 13.2 Å². The lowest BCUT2D eigenvalue weighted by molar-refractivity contribution is -0.297. The molecule has 0 saturated heterocycles. The molecule has 0 fully saturated rings. The maximum atomic E-state index is 12.9. The van der Waals surface area contributed by atoms with Gasteiger partial charge in [-0.25, -0.2) is 18.1 Å². The van der Waals surface area contributed by atoms with E-state index in [0.29, 0.717) is 18.2 Å². The number of carbonyl (C=O) groups is 1. The van der Waals surface area contributed by atoms with Crippen LogP contribution in [0.2, 0.25) is 0 Å². The number of hydrogen-bond acceptors (Lipinski definition) is 6. The fourth-order valence-electron chi connectivity index (χ4n) is 1.72. The van der Waals surface area contributed by atoms with Crippen LogP contribution in [-0.2, 0) is 20.8 Å². The average molecular weight is 360 g/mol. The van der Waals surface area contributed by atoms with Gasteiger partial charge < -0.3 is 9.90 Å². The Morgan fingerprint density at radius 3 is 2.50 bits per heavy atom. The van der Waals surface area contributed by atoms with Gasteiger partial charge in [-0.1, -0.05) is 0 Å². The van der Waals surface area contributed by atoms with E-state index in [0.717, 1.165) is 29.5 Å². The van der Waals surface area contributed by atoms with Crippen molar-refractivity contribution in [1.29, 1.82) is 0 Å². The molecule has 0 atom stereocenters. The first-order valence-corrected chi connectivity index (χ1v) is 8.09. The van der Waals surface area contributed by atoms with Crippen molar-refractivity contribution in [3.05, 3.63) is 36.2 Å².